The summed E-state index contributed by atoms with van der Waals surface area (Å²) in [5.74, 6) is -0.405. The number of ether oxygens (including phenoxy) is 1. The fourth-order valence-electron chi connectivity index (χ4n) is 1.83. The van der Waals surface area contributed by atoms with Gasteiger partial charge < -0.3 is 15.4 Å². The summed E-state index contributed by atoms with van der Waals surface area (Å²) in [6, 6.07) is -0.723. The van der Waals surface area contributed by atoms with Gasteiger partial charge >= 0.3 is 6.09 Å². The molecule has 1 heterocycles. The molecule has 8 heteroatoms. The molecule has 0 fully saturated rings. The average molecular weight is 355 g/mol. The van der Waals surface area contributed by atoms with Crippen molar-refractivity contribution in [1.29, 1.82) is 0 Å². The lowest BCUT2D eigenvalue weighted by atomic mass is 10.1. The molecule has 1 aromatic rings. The zero-order valence-electron chi connectivity index (χ0n) is 14.8. The van der Waals surface area contributed by atoms with Gasteiger partial charge in [0.15, 0.2) is 10.9 Å². The molecule has 0 aliphatic heterocycles. The van der Waals surface area contributed by atoms with Crippen LogP contribution in [0, 0.1) is 0 Å². The van der Waals surface area contributed by atoms with Crippen molar-refractivity contribution in [1.82, 2.24) is 10.3 Å². The van der Waals surface area contributed by atoms with Crippen molar-refractivity contribution < 1.29 is 19.1 Å². The molecule has 2 amide bonds. The normalized spacial score (nSPS) is 12.4. The Balaban J connectivity index is 2.71. The lowest BCUT2D eigenvalue weighted by molar-refractivity contribution is -0.118. The zero-order chi connectivity index (χ0) is 18.3. The Morgan fingerprint density at radius 2 is 1.96 bits per heavy atom. The summed E-state index contributed by atoms with van der Waals surface area (Å²) in [7, 11) is 0. The molecule has 0 aromatic carbocycles. The molecule has 134 valence electrons. The molecule has 1 atom stereocenters. The minimum Gasteiger partial charge on any atom is -0.444 e. The van der Waals surface area contributed by atoms with Crippen LogP contribution in [0.25, 0.3) is 0 Å². The second-order valence-corrected chi connectivity index (χ2v) is 7.31. The molecule has 0 radical (unpaired) electrons. The van der Waals surface area contributed by atoms with Crippen molar-refractivity contribution in [3.63, 3.8) is 0 Å². The van der Waals surface area contributed by atoms with E-state index in [1.54, 1.807) is 27.7 Å². The maximum absolute atomic E-state index is 12.4. The first-order chi connectivity index (χ1) is 11.2. The van der Waals surface area contributed by atoms with Crippen LogP contribution in [0.3, 0.4) is 0 Å². The Kier molecular flexibility index (Phi) is 7.34. The van der Waals surface area contributed by atoms with Crippen LogP contribution >= 0.6 is 11.3 Å². The van der Waals surface area contributed by atoms with Gasteiger partial charge in [0.1, 0.15) is 11.6 Å². The maximum Gasteiger partial charge on any atom is 0.408 e. The van der Waals surface area contributed by atoms with Crippen LogP contribution in [0.4, 0.5) is 9.93 Å². The average Bonchev–Trinajstić information content (AvgIpc) is 2.92. The topological polar surface area (TPSA) is 97.4 Å². The van der Waals surface area contributed by atoms with E-state index in [9.17, 15) is 14.4 Å². The van der Waals surface area contributed by atoms with Crippen LogP contribution in [0.2, 0.25) is 0 Å². The predicted molar refractivity (Wildman–Crippen MR) is 93.4 cm³/mol. The Morgan fingerprint density at radius 1 is 1.29 bits per heavy atom. The number of thiazole rings is 1. The van der Waals surface area contributed by atoms with Crippen molar-refractivity contribution in [3.8, 4) is 0 Å². The molecule has 0 saturated carbocycles. The van der Waals surface area contributed by atoms with Crippen molar-refractivity contribution in [3.05, 3.63) is 11.1 Å². The number of alkyl carbamates (subject to hydrolysis) is 1. The number of nitrogens with one attached hydrogen (secondary N) is 2. The van der Waals surface area contributed by atoms with E-state index in [-0.39, 0.29) is 11.7 Å². The van der Waals surface area contributed by atoms with Gasteiger partial charge in [-0.25, -0.2) is 9.78 Å². The highest BCUT2D eigenvalue weighted by Crippen LogP contribution is 2.20. The van der Waals surface area contributed by atoms with E-state index in [1.807, 2.05) is 6.92 Å². The lowest BCUT2D eigenvalue weighted by Gasteiger charge is -2.22. The van der Waals surface area contributed by atoms with E-state index in [0.717, 1.165) is 11.3 Å². The van der Waals surface area contributed by atoms with E-state index in [0.29, 0.717) is 29.3 Å². The Morgan fingerprint density at radius 3 is 2.50 bits per heavy atom. The molecule has 1 aromatic heterocycles. The van der Waals surface area contributed by atoms with Gasteiger partial charge in [-0.2, -0.15) is 0 Å². The van der Waals surface area contributed by atoms with Gasteiger partial charge in [0, 0.05) is 6.42 Å². The van der Waals surface area contributed by atoms with Gasteiger partial charge in [0.05, 0.1) is 11.1 Å². The number of carbonyl (C=O) groups is 3. The molecule has 0 aliphatic carbocycles. The third kappa shape index (κ3) is 6.66. The summed E-state index contributed by atoms with van der Waals surface area (Å²) < 4.78 is 5.18. The predicted octanol–water partition coefficient (Wildman–Crippen LogP) is 3.37. The fourth-order valence-corrected chi connectivity index (χ4v) is 2.66. The summed E-state index contributed by atoms with van der Waals surface area (Å²) in [5, 5.41) is 5.55. The molecule has 2 N–H and O–H groups in total. The van der Waals surface area contributed by atoms with Gasteiger partial charge in [0.25, 0.3) is 0 Å². The van der Waals surface area contributed by atoms with Crippen molar-refractivity contribution >= 4 is 34.3 Å². The summed E-state index contributed by atoms with van der Waals surface area (Å²) in [6.45, 7) is 8.94. The molecule has 0 bridgehead atoms. The number of rotatable bonds is 7. The number of aromatic nitrogens is 1. The van der Waals surface area contributed by atoms with Gasteiger partial charge in [-0.05, 0) is 27.2 Å². The number of amides is 2. The van der Waals surface area contributed by atoms with E-state index >= 15 is 0 Å². The molecular formula is C16H25N3O4S. The van der Waals surface area contributed by atoms with Gasteiger partial charge in [0.2, 0.25) is 5.91 Å². The monoisotopic (exact) mass is 355 g/mol. The van der Waals surface area contributed by atoms with E-state index < -0.39 is 17.7 Å². The quantitative estimate of drug-likeness (QED) is 0.731. The first-order valence-electron chi connectivity index (χ1n) is 7.95. The minimum absolute atomic E-state index is 0.0232. The van der Waals surface area contributed by atoms with Gasteiger partial charge in [-0.3, -0.25) is 9.59 Å². The van der Waals surface area contributed by atoms with E-state index in [2.05, 4.69) is 15.6 Å². The largest absolute Gasteiger partial charge is 0.444 e. The molecule has 7 nitrogen and oxygen atoms in total. The Hall–Kier alpha value is -1.96. The van der Waals surface area contributed by atoms with Crippen LogP contribution < -0.4 is 10.6 Å². The molecule has 0 saturated heterocycles. The molecular weight excluding hydrogens is 330 g/mol. The maximum atomic E-state index is 12.4. The Labute approximate surface area is 146 Å². The summed E-state index contributed by atoms with van der Waals surface area (Å²) in [6.07, 6.45) is 2.37. The van der Waals surface area contributed by atoms with Crippen LogP contribution in [0.1, 0.15) is 63.6 Å². The van der Waals surface area contributed by atoms with Gasteiger partial charge in [-0.1, -0.05) is 31.6 Å². The molecule has 0 aliphatic rings. The summed E-state index contributed by atoms with van der Waals surface area (Å²) in [4.78, 5) is 40.4. The fraction of sp³-hybridized carbons (Fsp3) is 0.625. The number of nitrogens with zero attached hydrogens (tertiary/aromatic N) is 1. The number of ketones is 1. The lowest BCUT2D eigenvalue weighted by Crippen LogP contribution is -2.45. The summed E-state index contributed by atoms with van der Waals surface area (Å²) in [5.41, 5.74) is -0.637. The van der Waals surface area contributed by atoms with Crippen molar-refractivity contribution in [2.45, 2.75) is 65.5 Å². The van der Waals surface area contributed by atoms with Crippen LogP contribution in [-0.4, -0.2) is 34.4 Å². The van der Waals surface area contributed by atoms with Crippen LogP contribution in [0.5, 0.6) is 0 Å². The molecule has 1 unspecified atom stereocenters. The van der Waals surface area contributed by atoms with E-state index in [1.165, 1.54) is 6.20 Å². The van der Waals surface area contributed by atoms with Gasteiger partial charge in [-0.15, -0.1) is 0 Å². The highest BCUT2D eigenvalue weighted by atomic mass is 32.1. The molecule has 24 heavy (non-hydrogen) atoms. The third-order valence-corrected chi connectivity index (χ3v) is 3.87. The SMILES string of the molecule is CCCC(NC(=O)OC(C)(C)C)C(=O)Nc1ncc(C(=O)CC)s1. The second-order valence-electron chi connectivity index (χ2n) is 6.28. The Bertz CT molecular complexity index is 592. The first-order valence-corrected chi connectivity index (χ1v) is 8.77. The van der Waals surface area contributed by atoms with Crippen molar-refractivity contribution in [2.24, 2.45) is 0 Å². The number of hydrogen-bond donors (Lipinski definition) is 2. The minimum atomic E-state index is -0.723. The number of hydrogen-bond acceptors (Lipinski definition) is 6. The van der Waals surface area contributed by atoms with Crippen LogP contribution in [0.15, 0.2) is 6.20 Å². The summed E-state index contributed by atoms with van der Waals surface area (Å²) >= 11 is 1.12. The smallest absolute Gasteiger partial charge is 0.408 e. The third-order valence-electron chi connectivity index (χ3n) is 2.92. The van der Waals surface area contributed by atoms with Crippen LogP contribution in [-0.2, 0) is 9.53 Å². The standard InChI is InChI=1S/C16H25N3O4S/c1-6-8-10(18-15(22)23-16(3,4)5)13(21)19-14-17-9-12(24-14)11(20)7-2/h9-10H,6-8H2,1-5H3,(H,18,22)(H,17,19,21). The van der Waals surface area contributed by atoms with Crippen molar-refractivity contribution in [2.75, 3.05) is 5.32 Å². The number of carbonyl (C=O) groups excluding carboxylic acids is 3. The highest BCUT2D eigenvalue weighted by Gasteiger charge is 2.24. The number of anilines is 1. The van der Waals surface area contributed by atoms with E-state index in [4.69, 9.17) is 4.74 Å². The molecule has 1 rings (SSSR count). The highest BCUT2D eigenvalue weighted by molar-refractivity contribution is 7.17. The number of Topliss-reactive ketones (excluding diaryl/α,β-unsaturated/α-hetero) is 1. The second kappa shape index (κ2) is 8.77. The zero-order valence-corrected chi connectivity index (χ0v) is 15.6. The first kappa shape index (κ1) is 20.1. The molecule has 0 spiro atoms.